The highest BCUT2D eigenvalue weighted by Crippen LogP contribution is 2.17. The molecule has 0 aliphatic carbocycles. The molecule has 0 heterocycles. The summed E-state index contributed by atoms with van der Waals surface area (Å²) in [5, 5.41) is 13.2. The fraction of sp³-hybridized carbons (Fsp3) is 0.250. The van der Waals surface area contributed by atoms with Gasteiger partial charge in [-0.2, -0.15) is 0 Å². The maximum Gasteiger partial charge on any atom is 0.123 e. The standard InChI is InChI=1S/C16H17BrFNO/c17-14-5-2-4-13(10-14)16(20)11-19-8-7-12-3-1-6-15(18)9-12/h1-6,9-10,16,19-20H,7-8,11H2. The molecular weight excluding hydrogens is 321 g/mol. The second-order valence-electron chi connectivity index (χ2n) is 4.65. The van der Waals surface area contributed by atoms with Crippen LogP contribution in [0.1, 0.15) is 17.2 Å². The van der Waals surface area contributed by atoms with E-state index in [1.807, 2.05) is 30.3 Å². The van der Waals surface area contributed by atoms with Crippen LogP contribution in [-0.2, 0) is 6.42 Å². The van der Waals surface area contributed by atoms with E-state index in [1.54, 1.807) is 6.07 Å². The van der Waals surface area contributed by atoms with Crippen LogP contribution in [0.15, 0.2) is 53.0 Å². The number of rotatable bonds is 6. The molecule has 2 N–H and O–H groups in total. The topological polar surface area (TPSA) is 32.3 Å². The summed E-state index contributed by atoms with van der Waals surface area (Å²) in [5.41, 5.74) is 1.83. The zero-order valence-electron chi connectivity index (χ0n) is 11.0. The average molecular weight is 338 g/mol. The first kappa shape index (κ1) is 15.2. The molecule has 0 bridgehead atoms. The maximum absolute atomic E-state index is 13.0. The predicted molar refractivity (Wildman–Crippen MR) is 82.1 cm³/mol. The van der Waals surface area contributed by atoms with Gasteiger partial charge in [-0.3, -0.25) is 0 Å². The molecule has 1 atom stereocenters. The summed E-state index contributed by atoms with van der Waals surface area (Å²) in [5.74, 6) is -0.211. The zero-order chi connectivity index (χ0) is 14.4. The van der Waals surface area contributed by atoms with E-state index in [-0.39, 0.29) is 5.82 Å². The minimum absolute atomic E-state index is 0.211. The molecule has 0 saturated heterocycles. The van der Waals surface area contributed by atoms with Gasteiger partial charge in [-0.1, -0.05) is 40.2 Å². The first-order valence-corrected chi connectivity index (χ1v) is 7.33. The summed E-state index contributed by atoms with van der Waals surface area (Å²) >= 11 is 3.38. The molecule has 0 saturated carbocycles. The van der Waals surface area contributed by atoms with E-state index in [1.165, 1.54) is 12.1 Å². The molecule has 0 amide bonds. The second-order valence-corrected chi connectivity index (χ2v) is 5.57. The largest absolute Gasteiger partial charge is 0.387 e. The number of hydrogen-bond acceptors (Lipinski definition) is 2. The van der Waals surface area contributed by atoms with Crippen molar-refractivity contribution in [3.63, 3.8) is 0 Å². The van der Waals surface area contributed by atoms with Crippen molar-refractivity contribution >= 4 is 15.9 Å². The first-order valence-electron chi connectivity index (χ1n) is 6.54. The third-order valence-electron chi connectivity index (χ3n) is 3.05. The van der Waals surface area contributed by atoms with Crippen molar-refractivity contribution < 1.29 is 9.50 Å². The Morgan fingerprint density at radius 1 is 1.15 bits per heavy atom. The summed E-state index contributed by atoms with van der Waals surface area (Å²) in [6, 6.07) is 14.2. The molecule has 0 aromatic heterocycles. The molecule has 1 unspecified atom stereocenters. The number of nitrogens with one attached hydrogen (secondary N) is 1. The summed E-state index contributed by atoms with van der Waals surface area (Å²) in [7, 11) is 0. The van der Waals surface area contributed by atoms with E-state index in [9.17, 15) is 9.50 Å². The van der Waals surface area contributed by atoms with E-state index in [2.05, 4.69) is 21.2 Å². The van der Waals surface area contributed by atoms with Gasteiger partial charge in [0.2, 0.25) is 0 Å². The fourth-order valence-electron chi connectivity index (χ4n) is 2.00. The molecule has 0 fully saturated rings. The van der Waals surface area contributed by atoms with Crippen LogP contribution in [-0.4, -0.2) is 18.2 Å². The van der Waals surface area contributed by atoms with Crippen LogP contribution in [0.2, 0.25) is 0 Å². The van der Waals surface area contributed by atoms with Gasteiger partial charge in [-0.05, 0) is 48.4 Å². The Labute approximate surface area is 126 Å². The van der Waals surface area contributed by atoms with E-state index >= 15 is 0 Å². The minimum Gasteiger partial charge on any atom is -0.387 e. The Morgan fingerprint density at radius 3 is 2.70 bits per heavy atom. The molecule has 0 radical (unpaired) electrons. The van der Waals surface area contributed by atoms with Crippen LogP contribution >= 0.6 is 15.9 Å². The van der Waals surface area contributed by atoms with Gasteiger partial charge in [0.05, 0.1) is 6.10 Å². The van der Waals surface area contributed by atoms with Crippen LogP contribution in [0.25, 0.3) is 0 Å². The van der Waals surface area contributed by atoms with Gasteiger partial charge in [0.1, 0.15) is 5.82 Å². The minimum atomic E-state index is -0.542. The highest BCUT2D eigenvalue weighted by atomic mass is 79.9. The van der Waals surface area contributed by atoms with Crippen molar-refractivity contribution in [2.24, 2.45) is 0 Å². The number of benzene rings is 2. The molecule has 20 heavy (non-hydrogen) atoms. The first-order chi connectivity index (χ1) is 9.65. The van der Waals surface area contributed by atoms with E-state index in [0.29, 0.717) is 13.1 Å². The molecule has 2 nitrogen and oxygen atoms in total. The number of aliphatic hydroxyl groups is 1. The molecule has 4 heteroatoms. The van der Waals surface area contributed by atoms with Crippen LogP contribution in [0, 0.1) is 5.82 Å². The molecule has 2 aromatic carbocycles. The normalized spacial score (nSPS) is 12.3. The summed E-state index contributed by atoms with van der Waals surface area (Å²) < 4.78 is 14.0. The Hall–Kier alpha value is -1.23. The highest BCUT2D eigenvalue weighted by Gasteiger charge is 2.06. The van der Waals surface area contributed by atoms with Crippen molar-refractivity contribution in [2.45, 2.75) is 12.5 Å². The van der Waals surface area contributed by atoms with Crippen molar-refractivity contribution in [3.05, 3.63) is 69.9 Å². The van der Waals surface area contributed by atoms with Crippen molar-refractivity contribution in [1.82, 2.24) is 5.32 Å². The molecule has 106 valence electrons. The lowest BCUT2D eigenvalue weighted by atomic mass is 10.1. The SMILES string of the molecule is OC(CNCCc1cccc(F)c1)c1cccc(Br)c1. The smallest absolute Gasteiger partial charge is 0.123 e. The Kier molecular flexibility index (Phi) is 5.71. The summed E-state index contributed by atoms with van der Waals surface area (Å²) in [6.07, 6.45) is 0.197. The Bertz CT molecular complexity index is 562. The fourth-order valence-corrected chi connectivity index (χ4v) is 2.41. The maximum atomic E-state index is 13.0. The average Bonchev–Trinajstić information content (AvgIpc) is 2.43. The molecule has 0 aliphatic heterocycles. The van der Waals surface area contributed by atoms with Gasteiger partial charge in [-0.15, -0.1) is 0 Å². The summed E-state index contributed by atoms with van der Waals surface area (Å²) in [6.45, 7) is 1.18. The van der Waals surface area contributed by atoms with E-state index < -0.39 is 6.10 Å². The monoisotopic (exact) mass is 337 g/mol. The van der Waals surface area contributed by atoms with Crippen molar-refractivity contribution in [3.8, 4) is 0 Å². The van der Waals surface area contributed by atoms with Crippen LogP contribution in [0.5, 0.6) is 0 Å². The number of aliphatic hydroxyl groups excluding tert-OH is 1. The lowest BCUT2D eigenvalue weighted by Crippen LogP contribution is -2.23. The Morgan fingerprint density at radius 2 is 1.95 bits per heavy atom. The Balaban J connectivity index is 1.76. The van der Waals surface area contributed by atoms with Gasteiger partial charge in [0, 0.05) is 11.0 Å². The quantitative estimate of drug-likeness (QED) is 0.791. The van der Waals surface area contributed by atoms with Crippen molar-refractivity contribution in [2.75, 3.05) is 13.1 Å². The lowest BCUT2D eigenvalue weighted by molar-refractivity contribution is 0.175. The number of hydrogen-bond donors (Lipinski definition) is 2. The van der Waals surface area contributed by atoms with Gasteiger partial charge >= 0.3 is 0 Å². The van der Waals surface area contributed by atoms with Crippen LogP contribution in [0.3, 0.4) is 0 Å². The molecule has 2 aromatic rings. The van der Waals surface area contributed by atoms with Gasteiger partial charge in [0.25, 0.3) is 0 Å². The second kappa shape index (κ2) is 7.53. The molecule has 0 spiro atoms. The van der Waals surface area contributed by atoms with E-state index in [4.69, 9.17) is 0 Å². The predicted octanol–water partition coefficient (Wildman–Crippen LogP) is 3.45. The van der Waals surface area contributed by atoms with E-state index in [0.717, 1.165) is 22.0 Å². The number of halogens is 2. The molecule has 2 rings (SSSR count). The zero-order valence-corrected chi connectivity index (χ0v) is 12.6. The third kappa shape index (κ3) is 4.71. The van der Waals surface area contributed by atoms with Crippen LogP contribution < -0.4 is 5.32 Å². The van der Waals surface area contributed by atoms with Crippen molar-refractivity contribution in [1.29, 1.82) is 0 Å². The molecule has 0 aliphatic rings. The third-order valence-corrected chi connectivity index (χ3v) is 3.54. The lowest BCUT2D eigenvalue weighted by Gasteiger charge is -2.12. The van der Waals surface area contributed by atoms with Gasteiger partial charge in [0.15, 0.2) is 0 Å². The summed E-state index contributed by atoms with van der Waals surface area (Å²) in [4.78, 5) is 0. The molecular formula is C16H17BrFNO. The highest BCUT2D eigenvalue weighted by molar-refractivity contribution is 9.10. The van der Waals surface area contributed by atoms with Crippen LogP contribution in [0.4, 0.5) is 4.39 Å². The van der Waals surface area contributed by atoms with Gasteiger partial charge in [-0.25, -0.2) is 4.39 Å². The van der Waals surface area contributed by atoms with Gasteiger partial charge < -0.3 is 10.4 Å².